The fraction of sp³-hybridized carbons (Fsp3) is 0.111. The third-order valence-electron chi connectivity index (χ3n) is 3.96. The molecule has 4 rings (SSSR count). The molecule has 10 heteroatoms. The number of aromatic nitrogens is 4. The molecule has 4 aromatic rings. The number of carbonyl (C=O) groups is 1. The van der Waals surface area contributed by atoms with Crippen LogP contribution in [0.2, 0.25) is 0 Å². The zero-order valence-corrected chi connectivity index (χ0v) is 15.8. The highest BCUT2D eigenvalue weighted by atomic mass is 32.1. The number of nitriles is 1. The molecule has 9 nitrogen and oxygen atoms in total. The number of H-pyrrole nitrogens is 1. The molecule has 0 aliphatic heterocycles. The SMILES string of the molecule is Cc1cc(C)c2c(N/N=C(\C#N)C(=O)Nc3nc4ccccc4s3)[nH]nc2n1. The summed E-state index contributed by atoms with van der Waals surface area (Å²) in [4.78, 5) is 21.0. The molecule has 0 unspecified atom stereocenters. The predicted molar refractivity (Wildman–Crippen MR) is 108 cm³/mol. The van der Waals surface area contributed by atoms with Gasteiger partial charge in [-0.25, -0.2) is 9.97 Å². The van der Waals surface area contributed by atoms with E-state index in [9.17, 15) is 10.1 Å². The van der Waals surface area contributed by atoms with Crippen LogP contribution in [0.5, 0.6) is 0 Å². The maximum atomic E-state index is 12.4. The highest BCUT2D eigenvalue weighted by Gasteiger charge is 2.15. The third-order valence-corrected chi connectivity index (χ3v) is 4.92. The standard InChI is InChI=1S/C18H14N8OS/c1-9-7-10(2)20-15-14(9)16(26-24-15)25-23-12(8-19)17(27)22-18-21-11-5-3-4-6-13(11)28-18/h3-7H,1-2H3,(H,21,22,27)(H2,20,24,25,26)/b23-12+. The molecule has 0 spiro atoms. The number of hydrogen-bond acceptors (Lipinski definition) is 8. The second-order valence-electron chi connectivity index (χ2n) is 6.00. The average Bonchev–Trinajstić information content (AvgIpc) is 3.25. The van der Waals surface area contributed by atoms with Crippen LogP contribution in [0.4, 0.5) is 10.9 Å². The van der Waals surface area contributed by atoms with Gasteiger partial charge in [-0.15, -0.1) is 0 Å². The van der Waals surface area contributed by atoms with Crippen LogP contribution in [0.1, 0.15) is 11.3 Å². The van der Waals surface area contributed by atoms with Crippen LogP contribution in [0, 0.1) is 25.2 Å². The number of benzene rings is 1. The van der Waals surface area contributed by atoms with Crippen molar-refractivity contribution in [1.29, 1.82) is 5.26 Å². The molecule has 0 atom stereocenters. The Morgan fingerprint density at radius 1 is 1.29 bits per heavy atom. The largest absolute Gasteiger partial charge is 0.296 e. The molecule has 0 radical (unpaired) electrons. The molecule has 0 saturated heterocycles. The van der Waals surface area contributed by atoms with Gasteiger partial charge in [-0.3, -0.25) is 20.6 Å². The van der Waals surface area contributed by atoms with E-state index in [1.807, 2.05) is 44.2 Å². The Morgan fingerprint density at radius 2 is 2.11 bits per heavy atom. The van der Waals surface area contributed by atoms with Crippen molar-refractivity contribution in [1.82, 2.24) is 20.2 Å². The minimum Gasteiger partial charge on any atom is -0.296 e. The van der Waals surface area contributed by atoms with Crippen molar-refractivity contribution in [3.8, 4) is 6.07 Å². The summed E-state index contributed by atoms with van der Waals surface area (Å²) in [7, 11) is 0. The number of pyridine rings is 1. The smallest absolute Gasteiger partial charge is 0.288 e. The van der Waals surface area contributed by atoms with E-state index in [1.54, 1.807) is 6.07 Å². The number of amides is 1. The Bertz CT molecular complexity index is 1250. The Kier molecular flexibility index (Phi) is 4.42. The second-order valence-corrected chi connectivity index (χ2v) is 7.03. The first kappa shape index (κ1) is 17.6. The molecule has 0 aliphatic rings. The number of aromatic amines is 1. The fourth-order valence-corrected chi connectivity index (χ4v) is 3.63. The molecule has 0 aliphatic carbocycles. The van der Waals surface area contributed by atoms with Gasteiger partial charge in [0.1, 0.15) is 6.07 Å². The number of carbonyl (C=O) groups excluding carboxylic acids is 1. The highest BCUT2D eigenvalue weighted by molar-refractivity contribution is 7.22. The van der Waals surface area contributed by atoms with E-state index in [0.29, 0.717) is 16.6 Å². The highest BCUT2D eigenvalue weighted by Crippen LogP contribution is 2.25. The molecular formula is C18H14N8OS. The summed E-state index contributed by atoms with van der Waals surface area (Å²) in [6, 6.07) is 11.2. The van der Waals surface area contributed by atoms with Crippen molar-refractivity contribution in [3.63, 3.8) is 0 Å². The Balaban J connectivity index is 1.56. The molecule has 0 saturated carbocycles. The minimum atomic E-state index is -0.649. The van der Waals surface area contributed by atoms with Gasteiger partial charge in [0.25, 0.3) is 5.91 Å². The Labute approximate surface area is 163 Å². The monoisotopic (exact) mass is 390 g/mol. The summed E-state index contributed by atoms with van der Waals surface area (Å²) < 4.78 is 0.938. The number of thiazole rings is 1. The van der Waals surface area contributed by atoms with Crippen LogP contribution >= 0.6 is 11.3 Å². The van der Waals surface area contributed by atoms with Gasteiger partial charge in [0, 0.05) is 5.69 Å². The Hall–Kier alpha value is -3.84. The van der Waals surface area contributed by atoms with Crippen LogP contribution in [0.3, 0.4) is 0 Å². The van der Waals surface area contributed by atoms with Crippen LogP contribution < -0.4 is 10.7 Å². The van der Waals surface area contributed by atoms with E-state index >= 15 is 0 Å². The number of fused-ring (bicyclic) bond motifs is 2. The summed E-state index contributed by atoms with van der Waals surface area (Å²) in [6.45, 7) is 3.80. The van der Waals surface area contributed by atoms with Crippen molar-refractivity contribution >= 4 is 55.2 Å². The van der Waals surface area contributed by atoms with Gasteiger partial charge < -0.3 is 0 Å². The van der Waals surface area contributed by atoms with Gasteiger partial charge in [-0.2, -0.15) is 15.5 Å². The van der Waals surface area contributed by atoms with Crippen molar-refractivity contribution < 1.29 is 4.79 Å². The number of aryl methyl sites for hydroxylation is 2. The number of anilines is 2. The maximum absolute atomic E-state index is 12.4. The first-order valence-electron chi connectivity index (χ1n) is 8.28. The zero-order valence-electron chi connectivity index (χ0n) is 14.9. The first-order chi connectivity index (χ1) is 13.5. The number of para-hydroxylation sites is 1. The maximum Gasteiger partial charge on any atom is 0.288 e. The molecular weight excluding hydrogens is 376 g/mol. The molecule has 1 amide bonds. The lowest BCUT2D eigenvalue weighted by Gasteiger charge is -2.02. The molecule has 0 fully saturated rings. The van der Waals surface area contributed by atoms with E-state index in [-0.39, 0.29) is 5.71 Å². The predicted octanol–water partition coefficient (Wildman–Crippen LogP) is 3.11. The normalized spacial score (nSPS) is 11.5. The van der Waals surface area contributed by atoms with Crippen LogP contribution in [0.15, 0.2) is 35.4 Å². The van der Waals surface area contributed by atoms with Gasteiger partial charge in [0.2, 0.25) is 5.71 Å². The summed E-state index contributed by atoms with van der Waals surface area (Å²) in [5, 5.41) is 23.9. The number of hydrogen-bond donors (Lipinski definition) is 3. The molecule has 1 aromatic carbocycles. The molecule has 3 N–H and O–H groups in total. The van der Waals surface area contributed by atoms with Crippen LogP contribution in [-0.4, -0.2) is 31.8 Å². The number of rotatable bonds is 4. The van der Waals surface area contributed by atoms with E-state index in [2.05, 4.69) is 36.0 Å². The van der Waals surface area contributed by atoms with Crippen molar-refractivity contribution in [3.05, 3.63) is 41.6 Å². The van der Waals surface area contributed by atoms with Crippen molar-refractivity contribution in [2.45, 2.75) is 13.8 Å². The summed E-state index contributed by atoms with van der Waals surface area (Å²) in [6.07, 6.45) is 0. The lowest BCUT2D eigenvalue weighted by Crippen LogP contribution is -2.22. The molecule has 28 heavy (non-hydrogen) atoms. The minimum absolute atomic E-state index is 0.334. The molecule has 138 valence electrons. The van der Waals surface area contributed by atoms with E-state index < -0.39 is 5.91 Å². The number of nitrogens with one attached hydrogen (secondary N) is 3. The van der Waals surface area contributed by atoms with Crippen LogP contribution in [0.25, 0.3) is 21.3 Å². The zero-order chi connectivity index (χ0) is 19.7. The fourth-order valence-electron chi connectivity index (χ4n) is 2.77. The number of hydrazone groups is 1. The van der Waals surface area contributed by atoms with Crippen LogP contribution in [-0.2, 0) is 4.79 Å². The summed E-state index contributed by atoms with van der Waals surface area (Å²) in [5.41, 5.74) is 5.48. The molecule has 3 heterocycles. The number of nitrogens with zero attached hydrogens (tertiary/aromatic N) is 5. The summed E-state index contributed by atoms with van der Waals surface area (Å²) >= 11 is 1.32. The summed E-state index contributed by atoms with van der Waals surface area (Å²) in [5.74, 6) is -0.191. The van der Waals surface area contributed by atoms with E-state index in [4.69, 9.17) is 0 Å². The van der Waals surface area contributed by atoms with Crippen molar-refractivity contribution in [2.75, 3.05) is 10.7 Å². The van der Waals surface area contributed by atoms with Gasteiger partial charge in [-0.1, -0.05) is 23.5 Å². The Morgan fingerprint density at radius 3 is 2.89 bits per heavy atom. The lowest BCUT2D eigenvalue weighted by molar-refractivity contribution is -0.110. The topological polar surface area (TPSA) is 132 Å². The van der Waals surface area contributed by atoms with Gasteiger partial charge in [0.05, 0.1) is 15.6 Å². The molecule has 0 bridgehead atoms. The third kappa shape index (κ3) is 3.26. The second kappa shape index (κ2) is 7.05. The van der Waals surface area contributed by atoms with Gasteiger partial charge in [-0.05, 0) is 37.6 Å². The van der Waals surface area contributed by atoms with Gasteiger partial charge >= 0.3 is 0 Å². The van der Waals surface area contributed by atoms with Crippen molar-refractivity contribution in [2.24, 2.45) is 5.10 Å². The quantitative estimate of drug-likeness (QED) is 0.362. The first-order valence-corrected chi connectivity index (χ1v) is 9.10. The lowest BCUT2D eigenvalue weighted by atomic mass is 10.2. The average molecular weight is 390 g/mol. The van der Waals surface area contributed by atoms with Gasteiger partial charge in [0.15, 0.2) is 16.6 Å². The van der Waals surface area contributed by atoms with E-state index in [1.165, 1.54) is 11.3 Å². The molecule has 3 aromatic heterocycles. The van der Waals surface area contributed by atoms with E-state index in [0.717, 1.165) is 26.9 Å².